The number of anilines is 1. The van der Waals surface area contributed by atoms with E-state index >= 15 is 0 Å². The minimum absolute atomic E-state index is 0.0646. The first kappa shape index (κ1) is 22.6. The van der Waals surface area contributed by atoms with Crippen molar-refractivity contribution in [1.82, 2.24) is 5.32 Å². The SMILES string of the molecule is CSCCC(NC(=O)C1CCC(C)CC1)C(=O)Nc1cccc(C(F)(F)F)c1. The van der Waals surface area contributed by atoms with Crippen molar-refractivity contribution in [2.45, 2.75) is 51.2 Å². The van der Waals surface area contributed by atoms with Crippen LogP contribution >= 0.6 is 11.8 Å². The number of halogens is 3. The summed E-state index contributed by atoms with van der Waals surface area (Å²) in [6.07, 6.45) is 1.42. The highest BCUT2D eigenvalue weighted by molar-refractivity contribution is 7.98. The van der Waals surface area contributed by atoms with Gasteiger partial charge in [-0.3, -0.25) is 9.59 Å². The van der Waals surface area contributed by atoms with Gasteiger partial charge in [-0.2, -0.15) is 24.9 Å². The molecule has 1 unspecified atom stereocenters. The summed E-state index contributed by atoms with van der Waals surface area (Å²) >= 11 is 1.54. The Morgan fingerprint density at radius 2 is 1.89 bits per heavy atom. The molecule has 4 nitrogen and oxygen atoms in total. The van der Waals surface area contributed by atoms with Gasteiger partial charge < -0.3 is 10.6 Å². The number of hydrogen-bond acceptors (Lipinski definition) is 3. The average molecular weight is 417 g/mol. The van der Waals surface area contributed by atoms with Crippen LogP contribution in [0.2, 0.25) is 0 Å². The molecule has 0 spiro atoms. The Bertz CT molecular complexity index is 674. The van der Waals surface area contributed by atoms with Gasteiger partial charge in [0.05, 0.1) is 5.56 Å². The van der Waals surface area contributed by atoms with Crippen LogP contribution in [0.1, 0.15) is 44.6 Å². The fourth-order valence-corrected chi connectivity index (χ4v) is 3.79. The molecule has 1 aliphatic rings. The quantitative estimate of drug-likeness (QED) is 0.677. The summed E-state index contributed by atoms with van der Waals surface area (Å²) in [5.41, 5.74) is -0.763. The molecule has 0 radical (unpaired) electrons. The smallest absolute Gasteiger partial charge is 0.344 e. The van der Waals surface area contributed by atoms with Gasteiger partial charge in [0, 0.05) is 11.6 Å². The van der Waals surface area contributed by atoms with Crippen LogP contribution in [-0.4, -0.2) is 29.9 Å². The summed E-state index contributed by atoms with van der Waals surface area (Å²) in [5.74, 6) is 0.529. The van der Waals surface area contributed by atoms with Crippen LogP contribution in [0, 0.1) is 11.8 Å². The molecule has 2 rings (SSSR count). The topological polar surface area (TPSA) is 58.2 Å². The lowest BCUT2D eigenvalue weighted by Gasteiger charge is -2.27. The first-order valence-corrected chi connectivity index (χ1v) is 10.9. The highest BCUT2D eigenvalue weighted by Gasteiger charge is 2.31. The molecule has 28 heavy (non-hydrogen) atoms. The zero-order chi connectivity index (χ0) is 20.7. The number of thioether (sulfide) groups is 1. The van der Waals surface area contributed by atoms with Gasteiger partial charge >= 0.3 is 6.18 Å². The molecule has 0 saturated heterocycles. The van der Waals surface area contributed by atoms with Crippen molar-refractivity contribution in [2.75, 3.05) is 17.3 Å². The summed E-state index contributed by atoms with van der Waals surface area (Å²) in [6, 6.07) is 3.73. The van der Waals surface area contributed by atoms with Gasteiger partial charge in [0.1, 0.15) is 6.04 Å². The van der Waals surface area contributed by atoms with E-state index < -0.39 is 23.7 Å². The third-order valence-electron chi connectivity index (χ3n) is 5.09. The molecule has 1 fully saturated rings. The van der Waals surface area contributed by atoms with Crippen molar-refractivity contribution in [3.05, 3.63) is 29.8 Å². The lowest BCUT2D eigenvalue weighted by molar-refractivity contribution is -0.137. The molecule has 1 aliphatic carbocycles. The summed E-state index contributed by atoms with van der Waals surface area (Å²) in [4.78, 5) is 25.2. The molecular formula is C20H27F3N2O2S. The molecule has 0 heterocycles. The molecule has 0 aromatic heterocycles. The highest BCUT2D eigenvalue weighted by atomic mass is 32.2. The monoisotopic (exact) mass is 416 g/mol. The number of alkyl halides is 3. The fraction of sp³-hybridized carbons (Fsp3) is 0.600. The van der Waals surface area contributed by atoms with E-state index in [0.717, 1.165) is 37.8 Å². The maximum absolute atomic E-state index is 12.9. The maximum atomic E-state index is 12.9. The van der Waals surface area contributed by atoms with Crippen molar-refractivity contribution in [3.8, 4) is 0 Å². The summed E-state index contributed by atoms with van der Waals surface area (Å²) in [5, 5.41) is 5.33. The first-order valence-electron chi connectivity index (χ1n) is 9.48. The minimum atomic E-state index is -4.48. The van der Waals surface area contributed by atoms with Gasteiger partial charge in [0.15, 0.2) is 0 Å². The van der Waals surface area contributed by atoms with Crippen molar-refractivity contribution in [1.29, 1.82) is 0 Å². The van der Waals surface area contributed by atoms with Gasteiger partial charge in [0.25, 0.3) is 0 Å². The van der Waals surface area contributed by atoms with Crippen molar-refractivity contribution < 1.29 is 22.8 Å². The number of hydrogen-bond donors (Lipinski definition) is 2. The Labute approximate surface area is 168 Å². The van der Waals surface area contributed by atoms with Crippen LogP contribution < -0.4 is 10.6 Å². The third kappa shape index (κ3) is 6.72. The van der Waals surface area contributed by atoms with Gasteiger partial charge in [-0.15, -0.1) is 0 Å². The Balaban J connectivity index is 2.03. The third-order valence-corrected chi connectivity index (χ3v) is 5.73. The number of benzene rings is 1. The largest absolute Gasteiger partial charge is 0.416 e. The summed E-state index contributed by atoms with van der Waals surface area (Å²) < 4.78 is 38.6. The second-order valence-electron chi connectivity index (χ2n) is 7.37. The standard InChI is InChI=1S/C20H27F3N2O2S/c1-13-6-8-14(9-7-13)18(26)25-17(10-11-28-2)19(27)24-16-5-3-4-15(12-16)20(21,22)23/h3-5,12-14,17H,6-11H2,1-2H3,(H,24,27)(H,25,26). The van der Waals surface area contributed by atoms with E-state index in [9.17, 15) is 22.8 Å². The van der Waals surface area contributed by atoms with Crippen LogP contribution in [-0.2, 0) is 15.8 Å². The number of rotatable bonds is 7. The Morgan fingerprint density at radius 3 is 2.50 bits per heavy atom. The van der Waals surface area contributed by atoms with Crippen LogP contribution in [0.5, 0.6) is 0 Å². The Kier molecular flexibility index (Phi) is 8.22. The molecule has 0 aliphatic heterocycles. The molecule has 1 saturated carbocycles. The molecule has 0 bridgehead atoms. The highest BCUT2D eigenvalue weighted by Crippen LogP contribution is 2.31. The molecule has 2 N–H and O–H groups in total. The van der Waals surface area contributed by atoms with E-state index in [-0.39, 0.29) is 17.5 Å². The van der Waals surface area contributed by atoms with E-state index in [1.807, 2.05) is 6.26 Å². The van der Waals surface area contributed by atoms with Crippen LogP contribution in [0.4, 0.5) is 18.9 Å². The lowest BCUT2D eigenvalue weighted by Crippen LogP contribution is -2.46. The summed E-state index contributed by atoms with van der Waals surface area (Å²) in [7, 11) is 0. The number of nitrogens with one attached hydrogen (secondary N) is 2. The van der Waals surface area contributed by atoms with Crippen LogP contribution in [0.15, 0.2) is 24.3 Å². The van der Waals surface area contributed by atoms with E-state index in [1.54, 1.807) is 11.8 Å². The maximum Gasteiger partial charge on any atom is 0.416 e. The number of amides is 2. The van der Waals surface area contributed by atoms with Crippen molar-refractivity contribution >= 4 is 29.3 Å². The van der Waals surface area contributed by atoms with Crippen molar-refractivity contribution in [3.63, 3.8) is 0 Å². The van der Waals surface area contributed by atoms with Gasteiger partial charge in [0.2, 0.25) is 11.8 Å². The number of carbonyl (C=O) groups is 2. The van der Waals surface area contributed by atoms with E-state index in [4.69, 9.17) is 0 Å². The molecule has 156 valence electrons. The molecule has 1 aromatic carbocycles. The van der Waals surface area contributed by atoms with Crippen LogP contribution in [0.3, 0.4) is 0 Å². The normalized spacial score (nSPS) is 21.0. The van der Waals surface area contributed by atoms with E-state index in [1.165, 1.54) is 12.1 Å². The second-order valence-corrected chi connectivity index (χ2v) is 8.35. The molecule has 8 heteroatoms. The molecule has 1 atom stereocenters. The predicted molar refractivity (Wildman–Crippen MR) is 106 cm³/mol. The van der Waals surface area contributed by atoms with Crippen LogP contribution in [0.25, 0.3) is 0 Å². The first-order chi connectivity index (χ1) is 13.2. The number of carbonyl (C=O) groups excluding carboxylic acids is 2. The van der Waals surface area contributed by atoms with Gasteiger partial charge in [-0.1, -0.05) is 13.0 Å². The van der Waals surface area contributed by atoms with Gasteiger partial charge in [-0.25, -0.2) is 0 Å². The lowest BCUT2D eigenvalue weighted by atomic mass is 9.82. The van der Waals surface area contributed by atoms with Crippen molar-refractivity contribution in [2.24, 2.45) is 11.8 Å². The molecule has 2 amide bonds. The second kappa shape index (κ2) is 10.2. The van der Waals surface area contributed by atoms with E-state index in [2.05, 4.69) is 17.6 Å². The molecular weight excluding hydrogens is 389 g/mol. The zero-order valence-corrected chi connectivity index (χ0v) is 17.0. The van der Waals surface area contributed by atoms with E-state index in [0.29, 0.717) is 18.1 Å². The van der Waals surface area contributed by atoms with Gasteiger partial charge in [-0.05, 0) is 68.2 Å². The Morgan fingerprint density at radius 1 is 1.21 bits per heavy atom. The predicted octanol–water partition coefficient (Wildman–Crippen LogP) is 4.71. The average Bonchev–Trinajstić information content (AvgIpc) is 2.65. The Hall–Kier alpha value is -1.70. The zero-order valence-electron chi connectivity index (χ0n) is 16.1. The minimum Gasteiger partial charge on any atom is -0.344 e. The molecule has 1 aromatic rings. The summed E-state index contributed by atoms with van der Waals surface area (Å²) in [6.45, 7) is 2.16. The fourth-order valence-electron chi connectivity index (χ4n) is 3.32.